The molecule has 1 heterocycles. The number of halogens is 1. The third-order valence-electron chi connectivity index (χ3n) is 4.34. The minimum atomic E-state index is -3.77. The average molecular weight is 425 g/mol. The lowest BCUT2D eigenvalue weighted by Gasteiger charge is -2.26. The van der Waals surface area contributed by atoms with E-state index in [1.54, 1.807) is 30.3 Å². The number of sulfonamides is 1. The third kappa shape index (κ3) is 4.64. The number of amides is 1. The van der Waals surface area contributed by atoms with Gasteiger partial charge in [-0.25, -0.2) is 8.42 Å². The van der Waals surface area contributed by atoms with E-state index in [1.807, 2.05) is 0 Å². The quantitative estimate of drug-likeness (QED) is 0.770. The largest absolute Gasteiger partial charge is 0.495 e. The molecule has 1 fully saturated rings. The van der Waals surface area contributed by atoms with Crippen molar-refractivity contribution in [1.29, 1.82) is 0 Å². The lowest BCUT2D eigenvalue weighted by molar-refractivity contribution is -0.115. The summed E-state index contributed by atoms with van der Waals surface area (Å²) in [5, 5.41) is 3.23. The monoisotopic (exact) mass is 424 g/mol. The maximum atomic E-state index is 13.0. The second-order valence-corrected chi connectivity index (χ2v) is 8.51. The van der Waals surface area contributed by atoms with Crippen LogP contribution in [0.1, 0.15) is 5.56 Å². The number of rotatable bonds is 6. The summed E-state index contributed by atoms with van der Waals surface area (Å²) in [4.78, 5) is 12.4. The lowest BCUT2D eigenvalue weighted by Crippen LogP contribution is -2.40. The van der Waals surface area contributed by atoms with Crippen molar-refractivity contribution in [1.82, 2.24) is 4.31 Å². The minimum absolute atomic E-state index is 0.00689. The maximum absolute atomic E-state index is 13.0. The molecule has 3 rings (SSSR count). The van der Waals surface area contributed by atoms with E-state index in [-0.39, 0.29) is 36.1 Å². The van der Waals surface area contributed by atoms with Crippen molar-refractivity contribution < 1.29 is 22.7 Å². The van der Waals surface area contributed by atoms with E-state index in [4.69, 9.17) is 21.1 Å². The van der Waals surface area contributed by atoms with E-state index >= 15 is 0 Å². The molecule has 0 radical (unpaired) electrons. The number of hydrogen-bond donors (Lipinski definition) is 1. The molecule has 150 valence electrons. The number of nitrogens with zero attached hydrogens (tertiary/aromatic N) is 1. The second kappa shape index (κ2) is 8.91. The second-order valence-electron chi connectivity index (χ2n) is 6.20. The van der Waals surface area contributed by atoms with Crippen molar-refractivity contribution in [2.75, 3.05) is 38.7 Å². The highest BCUT2D eigenvalue weighted by atomic mass is 35.5. The van der Waals surface area contributed by atoms with Gasteiger partial charge < -0.3 is 14.8 Å². The van der Waals surface area contributed by atoms with Gasteiger partial charge in [0.05, 0.1) is 26.7 Å². The van der Waals surface area contributed by atoms with Gasteiger partial charge >= 0.3 is 0 Å². The van der Waals surface area contributed by atoms with Crippen LogP contribution in [0.15, 0.2) is 47.4 Å². The Bertz CT molecular complexity index is 959. The first-order chi connectivity index (χ1) is 13.4. The van der Waals surface area contributed by atoms with E-state index in [2.05, 4.69) is 5.32 Å². The van der Waals surface area contributed by atoms with Crippen LogP contribution < -0.4 is 10.1 Å². The summed E-state index contributed by atoms with van der Waals surface area (Å²) in [6.07, 6.45) is 0.0806. The topological polar surface area (TPSA) is 84.9 Å². The predicted molar refractivity (Wildman–Crippen MR) is 106 cm³/mol. The number of ether oxygens (including phenoxy) is 2. The highest BCUT2D eigenvalue weighted by Crippen LogP contribution is 2.30. The van der Waals surface area contributed by atoms with Crippen molar-refractivity contribution in [2.24, 2.45) is 0 Å². The predicted octanol–water partition coefficient (Wildman–Crippen LogP) is 2.55. The highest BCUT2D eigenvalue weighted by molar-refractivity contribution is 7.89. The Kier molecular flexibility index (Phi) is 6.56. The molecule has 0 aromatic heterocycles. The van der Waals surface area contributed by atoms with Crippen LogP contribution in [0.5, 0.6) is 5.75 Å². The van der Waals surface area contributed by atoms with Gasteiger partial charge in [-0.2, -0.15) is 4.31 Å². The van der Waals surface area contributed by atoms with Gasteiger partial charge in [0.15, 0.2) is 0 Å². The van der Waals surface area contributed by atoms with Gasteiger partial charge in [0.1, 0.15) is 10.6 Å². The van der Waals surface area contributed by atoms with Crippen LogP contribution in [-0.2, 0) is 26.0 Å². The Morgan fingerprint density at radius 1 is 1.21 bits per heavy atom. The third-order valence-corrected chi connectivity index (χ3v) is 6.63. The van der Waals surface area contributed by atoms with Crippen LogP contribution in [-0.4, -0.2) is 52.0 Å². The number of carbonyl (C=O) groups is 1. The molecule has 0 bridgehead atoms. The summed E-state index contributed by atoms with van der Waals surface area (Å²) in [6, 6.07) is 11.6. The Hall–Kier alpha value is -2.13. The van der Waals surface area contributed by atoms with E-state index in [1.165, 1.54) is 23.5 Å². The van der Waals surface area contributed by atoms with Crippen molar-refractivity contribution in [3.8, 4) is 5.75 Å². The maximum Gasteiger partial charge on any atom is 0.246 e. The fraction of sp³-hybridized carbons (Fsp3) is 0.316. The molecule has 0 aliphatic carbocycles. The van der Waals surface area contributed by atoms with Gasteiger partial charge in [0, 0.05) is 23.8 Å². The SMILES string of the molecule is COc1ccc(NC(=O)Cc2ccccc2Cl)cc1S(=O)(=O)N1CCOCC1. The van der Waals surface area contributed by atoms with Gasteiger partial charge in [-0.3, -0.25) is 4.79 Å². The van der Waals surface area contributed by atoms with E-state index in [0.717, 1.165) is 0 Å². The number of morpholine rings is 1. The van der Waals surface area contributed by atoms with Crippen LogP contribution in [0, 0.1) is 0 Å². The first-order valence-electron chi connectivity index (χ1n) is 8.71. The number of carbonyl (C=O) groups excluding carboxylic acids is 1. The molecule has 1 amide bonds. The number of hydrogen-bond acceptors (Lipinski definition) is 5. The molecule has 0 unspecified atom stereocenters. The van der Waals surface area contributed by atoms with E-state index < -0.39 is 10.0 Å². The van der Waals surface area contributed by atoms with Crippen molar-refractivity contribution >= 4 is 33.2 Å². The molecule has 0 atom stereocenters. The lowest BCUT2D eigenvalue weighted by atomic mass is 10.1. The zero-order valence-electron chi connectivity index (χ0n) is 15.4. The molecular weight excluding hydrogens is 404 g/mol. The molecule has 28 heavy (non-hydrogen) atoms. The fourth-order valence-electron chi connectivity index (χ4n) is 2.90. The number of nitrogens with one attached hydrogen (secondary N) is 1. The molecule has 1 N–H and O–H groups in total. The zero-order valence-corrected chi connectivity index (χ0v) is 16.9. The van der Waals surface area contributed by atoms with Gasteiger partial charge in [0.2, 0.25) is 15.9 Å². The Morgan fingerprint density at radius 3 is 2.61 bits per heavy atom. The first kappa shape index (κ1) is 20.6. The average Bonchev–Trinajstić information content (AvgIpc) is 2.70. The van der Waals surface area contributed by atoms with Crippen molar-refractivity contribution in [2.45, 2.75) is 11.3 Å². The smallest absolute Gasteiger partial charge is 0.246 e. The summed E-state index contributed by atoms with van der Waals surface area (Å²) in [6.45, 7) is 1.23. The van der Waals surface area contributed by atoms with Crippen LogP contribution in [0.3, 0.4) is 0 Å². The highest BCUT2D eigenvalue weighted by Gasteiger charge is 2.29. The van der Waals surface area contributed by atoms with Crippen LogP contribution >= 0.6 is 11.6 Å². The zero-order chi connectivity index (χ0) is 20.1. The van der Waals surface area contributed by atoms with Crippen molar-refractivity contribution in [3.63, 3.8) is 0 Å². The molecule has 1 aliphatic heterocycles. The molecule has 2 aromatic rings. The molecule has 1 aliphatic rings. The fourth-order valence-corrected chi connectivity index (χ4v) is 4.69. The van der Waals surface area contributed by atoms with Crippen LogP contribution in [0.2, 0.25) is 5.02 Å². The Labute approximate surface area is 169 Å². The van der Waals surface area contributed by atoms with Gasteiger partial charge in [-0.05, 0) is 29.8 Å². The number of anilines is 1. The van der Waals surface area contributed by atoms with Gasteiger partial charge in [-0.15, -0.1) is 0 Å². The Morgan fingerprint density at radius 2 is 1.93 bits per heavy atom. The Balaban J connectivity index is 1.82. The summed E-state index contributed by atoms with van der Waals surface area (Å²) in [5.41, 5.74) is 1.06. The normalized spacial score (nSPS) is 15.2. The standard InChI is InChI=1S/C19H21ClN2O5S/c1-26-17-7-6-15(21-19(23)12-14-4-2-3-5-16(14)20)13-18(17)28(24,25)22-8-10-27-11-9-22/h2-7,13H,8-12H2,1H3,(H,21,23). The molecule has 0 saturated carbocycles. The molecule has 0 spiro atoms. The summed E-state index contributed by atoms with van der Waals surface area (Å²) in [7, 11) is -2.37. The van der Waals surface area contributed by atoms with Crippen molar-refractivity contribution in [3.05, 3.63) is 53.1 Å². The van der Waals surface area contributed by atoms with Crippen LogP contribution in [0.4, 0.5) is 5.69 Å². The molecule has 2 aromatic carbocycles. The number of benzene rings is 2. The summed E-state index contributed by atoms with van der Waals surface area (Å²) >= 11 is 6.09. The molecule has 7 nitrogen and oxygen atoms in total. The number of methoxy groups -OCH3 is 1. The van der Waals surface area contributed by atoms with Gasteiger partial charge in [-0.1, -0.05) is 29.8 Å². The van der Waals surface area contributed by atoms with Crippen LogP contribution in [0.25, 0.3) is 0 Å². The first-order valence-corrected chi connectivity index (χ1v) is 10.5. The minimum Gasteiger partial charge on any atom is -0.495 e. The summed E-state index contributed by atoms with van der Waals surface area (Å²) < 4.78 is 37.8. The molecule has 9 heteroatoms. The molecule has 1 saturated heterocycles. The molecular formula is C19H21ClN2O5S. The summed E-state index contributed by atoms with van der Waals surface area (Å²) in [5.74, 6) is -0.0800. The van der Waals surface area contributed by atoms with Gasteiger partial charge in [0.25, 0.3) is 0 Å². The van der Waals surface area contributed by atoms with E-state index in [0.29, 0.717) is 29.5 Å². The van der Waals surface area contributed by atoms with E-state index in [9.17, 15) is 13.2 Å².